The van der Waals surface area contributed by atoms with E-state index in [1.807, 2.05) is 36.4 Å². The maximum Gasteiger partial charge on any atom is 0.159 e. The fourth-order valence-corrected chi connectivity index (χ4v) is 10.1. The van der Waals surface area contributed by atoms with Crippen LogP contribution in [-0.4, -0.2) is 21.2 Å². The van der Waals surface area contributed by atoms with E-state index in [0.717, 1.165) is 102 Å². The van der Waals surface area contributed by atoms with Gasteiger partial charge in [-0.1, -0.05) is 146 Å². The molecule has 6 heteroatoms. The highest BCUT2D eigenvalue weighted by atomic mass is 16.3. The third-order valence-corrected chi connectivity index (χ3v) is 13.2. The first-order valence-corrected chi connectivity index (χ1v) is 22.3. The number of nitrogens with zero attached hydrogens (tertiary/aromatic N) is 4. The minimum absolute atomic E-state index is 0.664. The molecule has 0 amide bonds. The smallest absolute Gasteiger partial charge is 0.159 e. The van der Waals surface area contributed by atoms with Crippen LogP contribution in [0.25, 0.3) is 87.8 Å². The third kappa shape index (κ3) is 6.05. The van der Waals surface area contributed by atoms with E-state index in [1.165, 1.54) is 27.1 Å². The van der Waals surface area contributed by atoms with Gasteiger partial charge in [0.25, 0.3) is 0 Å². The molecule has 1 atom stereocenters. The SMILES string of the molecule is CC1(c2ccc(-c3cccc4oc5ccccc5c34)cc2)N=C(c2ccc(-n3c4ccccc4c4c(C5=CCCC=C5)nc5cc6ccccc6cc5c43)cc2)N=C(c2ccccc2)N1. The molecule has 308 valence electrons. The summed E-state index contributed by atoms with van der Waals surface area (Å²) in [6.07, 6.45) is 8.90. The molecule has 0 fully saturated rings. The summed E-state index contributed by atoms with van der Waals surface area (Å²) in [7, 11) is 0. The van der Waals surface area contributed by atoms with Gasteiger partial charge in [0.1, 0.15) is 17.0 Å². The van der Waals surface area contributed by atoms with Crippen LogP contribution in [0.4, 0.5) is 0 Å². The predicted octanol–water partition coefficient (Wildman–Crippen LogP) is 14.5. The highest BCUT2D eigenvalue weighted by Gasteiger charge is 2.32. The van der Waals surface area contributed by atoms with E-state index in [0.29, 0.717) is 5.84 Å². The Morgan fingerprint density at radius 3 is 2.14 bits per heavy atom. The molecule has 8 aromatic carbocycles. The summed E-state index contributed by atoms with van der Waals surface area (Å²) in [6, 6.07) is 64.2. The van der Waals surface area contributed by atoms with Crippen LogP contribution in [0.1, 0.15) is 42.1 Å². The van der Waals surface area contributed by atoms with Crippen molar-refractivity contribution in [1.29, 1.82) is 0 Å². The van der Waals surface area contributed by atoms with Crippen molar-refractivity contribution in [2.45, 2.75) is 25.4 Å². The second-order valence-electron chi connectivity index (χ2n) is 17.3. The summed E-state index contributed by atoms with van der Waals surface area (Å²) < 4.78 is 8.65. The fourth-order valence-electron chi connectivity index (χ4n) is 10.1. The normalized spacial score (nSPS) is 16.4. The third-order valence-electron chi connectivity index (χ3n) is 13.2. The Morgan fingerprint density at radius 2 is 1.32 bits per heavy atom. The lowest BCUT2D eigenvalue weighted by molar-refractivity contribution is 0.455. The van der Waals surface area contributed by atoms with Gasteiger partial charge in [-0.25, -0.2) is 15.0 Å². The standard InChI is InChI=1S/C59H41N5O/c1-59(43-31-27-37(28-32-43)45-23-14-26-52-53(45)47-22-11-13-25-51(47)65-52)62-57(39-17-6-3-7-18-39)61-58(63-59)40-29-33-44(34-30-40)64-50-24-12-10-21-46(50)54-55(38-15-4-2-5-16-38)60-49-36-42-20-9-8-19-41(42)35-48(49)56(54)64/h3-4,6-36H,2,5H2,1H3,(H,61,62,63). The van der Waals surface area contributed by atoms with Crippen LogP contribution < -0.4 is 5.32 Å². The highest BCUT2D eigenvalue weighted by Crippen LogP contribution is 2.42. The molecular weight excluding hydrogens is 795 g/mol. The van der Waals surface area contributed by atoms with Crippen molar-refractivity contribution in [3.63, 3.8) is 0 Å². The Kier molecular flexibility index (Phi) is 8.37. The van der Waals surface area contributed by atoms with Crippen LogP contribution >= 0.6 is 0 Å². The quantitative estimate of drug-likeness (QED) is 0.170. The number of rotatable bonds is 6. The predicted molar refractivity (Wildman–Crippen MR) is 269 cm³/mol. The molecule has 0 spiro atoms. The number of amidine groups is 2. The van der Waals surface area contributed by atoms with E-state index >= 15 is 0 Å². The Morgan fingerprint density at radius 1 is 0.600 bits per heavy atom. The van der Waals surface area contributed by atoms with E-state index in [-0.39, 0.29) is 0 Å². The number of furan rings is 1. The number of hydrogen-bond acceptors (Lipinski definition) is 5. The maximum atomic E-state index is 6.23. The van der Waals surface area contributed by atoms with Gasteiger partial charge >= 0.3 is 0 Å². The largest absolute Gasteiger partial charge is 0.456 e. The van der Waals surface area contributed by atoms with Crippen LogP contribution in [0, 0.1) is 0 Å². The molecule has 6 nitrogen and oxygen atoms in total. The first-order valence-electron chi connectivity index (χ1n) is 22.3. The van der Waals surface area contributed by atoms with Crippen molar-refractivity contribution in [3.8, 4) is 16.8 Å². The molecule has 65 heavy (non-hydrogen) atoms. The molecule has 13 rings (SSSR count). The van der Waals surface area contributed by atoms with E-state index in [2.05, 4.69) is 181 Å². The van der Waals surface area contributed by atoms with Gasteiger partial charge in [0, 0.05) is 43.7 Å². The van der Waals surface area contributed by atoms with Crippen molar-refractivity contribution in [2.24, 2.45) is 9.98 Å². The van der Waals surface area contributed by atoms with Crippen LogP contribution in [-0.2, 0) is 5.66 Å². The summed E-state index contributed by atoms with van der Waals surface area (Å²) in [6.45, 7) is 2.13. The molecule has 0 bridgehead atoms. The van der Waals surface area contributed by atoms with Crippen LogP contribution in [0.5, 0.6) is 0 Å². The Labute approximate surface area is 375 Å². The molecule has 0 saturated carbocycles. The highest BCUT2D eigenvalue weighted by molar-refractivity contribution is 6.23. The van der Waals surface area contributed by atoms with Crippen molar-refractivity contribution < 1.29 is 4.42 Å². The van der Waals surface area contributed by atoms with Gasteiger partial charge in [-0.3, -0.25) is 0 Å². The first-order chi connectivity index (χ1) is 32.1. The zero-order chi connectivity index (χ0) is 43.1. The number of aliphatic imine (C=N–C) groups is 2. The van der Waals surface area contributed by atoms with Crippen LogP contribution in [0.3, 0.4) is 0 Å². The Balaban J connectivity index is 0.948. The van der Waals surface area contributed by atoms with Gasteiger partial charge in [0.05, 0.1) is 22.2 Å². The van der Waals surface area contributed by atoms with Gasteiger partial charge in [0.2, 0.25) is 0 Å². The van der Waals surface area contributed by atoms with Crippen LogP contribution in [0.2, 0.25) is 0 Å². The minimum Gasteiger partial charge on any atom is -0.456 e. The monoisotopic (exact) mass is 835 g/mol. The van der Waals surface area contributed by atoms with Gasteiger partial charge < -0.3 is 14.3 Å². The molecule has 3 aromatic heterocycles. The number of nitrogens with one attached hydrogen (secondary N) is 1. The number of benzene rings is 8. The lowest BCUT2D eigenvalue weighted by Crippen LogP contribution is -2.46. The average Bonchev–Trinajstić information content (AvgIpc) is 3.93. The molecule has 1 unspecified atom stereocenters. The van der Waals surface area contributed by atoms with E-state index in [4.69, 9.17) is 19.4 Å². The molecule has 1 aliphatic carbocycles. The number of allylic oxidation sites excluding steroid dienone is 4. The first kappa shape index (κ1) is 37.2. The van der Waals surface area contributed by atoms with E-state index in [9.17, 15) is 0 Å². The molecule has 4 heterocycles. The zero-order valence-corrected chi connectivity index (χ0v) is 35.7. The molecule has 1 aliphatic heterocycles. The summed E-state index contributed by atoms with van der Waals surface area (Å²) in [4.78, 5) is 16.1. The molecular formula is C59H41N5O. The van der Waals surface area contributed by atoms with Crippen molar-refractivity contribution in [2.75, 3.05) is 0 Å². The van der Waals surface area contributed by atoms with Crippen LogP contribution in [0.15, 0.2) is 215 Å². The number of hydrogen-bond donors (Lipinski definition) is 1. The van der Waals surface area contributed by atoms with E-state index in [1.54, 1.807) is 0 Å². The molecule has 2 aliphatic rings. The summed E-state index contributed by atoms with van der Waals surface area (Å²) in [5.41, 5.74) is 12.7. The lowest BCUT2D eigenvalue weighted by Gasteiger charge is -2.33. The molecule has 1 N–H and O–H groups in total. The lowest BCUT2D eigenvalue weighted by atomic mass is 9.94. The second-order valence-corrected chi connectivity index (χ2v) is 17.3. The summed E-state index contributed by atoms with van der Waals surface area (Å²) in [5, 5.41) is 11.8. The van der Waals surface area contributed by atoms with Crippen molar-refractivity contribution in [3.05, 3.63) is 223 Å². The van der Waals surface area contributed by atoms with Crippen molar-refractivity contribution in [1.82, 2.24) is 14.9 Å². The zero-order valence-electron chi connectivity index (χ0n) is 35.7. The second kappa shape index (κ2) is 14.6. The summed E-state index contributed by atoms with van der Waals surface area (Å²) in [5.74, 6) is 1.44. The Bertz CT molecular complexity index is 3850. The van der Waals surface area contributed by atoms with Gasteiger partial charge in [0.15, 0.2) is 11.5 Å². The number of fused-ring (bicyclic) bond motifs is 9. The molecule has 0 radical (unpaired) electrons. The average molecular weight is 836 g/mol. The summed E-state index contributed by atoms with van der Waals surface area (Å²) >= 11 is 0. The Hall–Kier alpha value is -8.35. The number of aromatic nitrogens is 2. The fraction of sp³-hybridized carbons (Fsp3) is 0.0678. The van der Waals surface area contributed by atoms with Gasteiger partial charge in [-0.2, -0.15) is 0 Å². The maximum absolute atomic E-state index is 6.23. The topological polar surface area (TPSA) is 67.7 Å². The number of para-hydroxylation sites is 2. The minimum atomic E-state index is -0.812. The van der Waals surface area contributed by atoms with Gasteiger partial charge in [-0.15, -0.1) is 0 Å². The van der Waals surface area contributed by atoms with E-state index < -0.39 is 5.66 Å². The molecule has 0 saturated heterocycles. The number of pyridine rings is 1. The van der Waals surface area contributed by atoms with Crippen molar-refractivity contribution >= 4 is 82.7 Å². The van der Waals surface area contributed by atoms with Gasteiger partial charge in [-0.05, 0) is 107 Å². The molecule has 11 aromatic rings.